The molecule has 0 aliphatic heterocycles. The number of hydrogen-bond acceptors (Lipinski definition) is 9. The standard InChI is InChI=1S/C28H37N3O7/c1-4-5-6-7-8-13-9-15(12-29)22(32)19-16(13)10-14-11-17-21(31(2)3)24(34)20(27(30)37)26(36)28(17,38)25(35)18(14)23(19)33/h9,14,17,21,32-33,36,38H,4-8,10-12,29H2,1-3H3,(H2,30,37)/t14-,17-,21-,28-/m0/s1. The van der Waals surface area contributed by atoms with E-state index in [1.165, 1.54) is 4.90 Å². The third-order valence-electron chi connectivity index (χ3n) is 8.41. The molecule has 0 spiro atoms. The first kappa shape index (κ1) is 27.8. The lowest BCUT2D eigenvalue weighted by Gasteiger charge is -2.50. The molecule has 0 saturated heterocycles. The van der Waals surface area contributed by atoms with Gasteiger partial charge in [-0.25, -0.2) is 0 Å². The minimum absolute atomic E-state index is 0.0190. The number of likely N-dealkylation sites (N-methyl/N-ethyl adjacent to an activating group) is 1. The summed E-state index contributed by atoms with van der Waals surface area (Å²) in [6.07, 6.45) is 5.15. The fourth-order valence-corrected chi connectivity index (χ4v) is 6.57. The molecule has 4 rings (SSSR count). The molecule has 1 saturated carbocycles. The predicted molar refractivity (Wildman–Crippen MR) is 140 cm³/mol. The monoisotopic (exact) mass is 527 g/mol. The summed E-state index contributed by atoms with van der Waals surface area (Å²) in [7, 11) is 3.16. The Bertz CT molecular complexity index is 1270. The molecule has 10 heteroatoms. The van der Waals surface area contributed by atoms with E-state index >= 15 is 0 Å². The molecule has 1 aromatic carbocycles. The molecule has 0 aromatic heterocycles. The minimum Gasteiger partial charge on any atom is -0.508 e. The van der Waals surface area contributed by atoms with Crippen LogP contribution < -0.4 is 11.5 Å². The van der Waals surface area contributed by atoms with Crippen LogP contribution in [0, 0.1) is 11.8 Å². The number of nitrogens with two attached hydrogens (primary N) is 2. The number of fused-ring (bicyclic) bond motifs is 3. The molecule has 1 fully saturated rings. The lowest BCUT2D eigenvalue weighted by Crippen LogP contribution is -2.65. The van der Waals surface area contributed by atoms with Crippen molar-refractivity contribution in [2.24, 2.45) is 23.3 Å². The molecule has 0 bridgehead atoms. The molecule has 3 aliphatic rings. The molecule has 206 valence electrons. The third-order valence-corrected chi connectivity index (χ3v) is 8.41. The van der Waals surface area contributed by atoms with E-state index in [4.69, 9.17) is 11.5 Å². The fraction of sp³-hybridized carbons (Fsp3) is 0.536. The predicted octanol–water partition coefficient (Wildman–Crippen LogP) is 1.55. The van der Waals surface area contributed by atoms with Gasteiger partial charge in [-0.2, -0.15) is 0 Å². The highest BCUT2D eigenvalue weighted by molar-refractivity contribution is 6.24. The van der Waals surface area contributed by atoms with Gasteiger partial charge in [-0.15, -0.1) is 0 Å². The molecular weight excluding hydrogens is 490 g/mol. The van der Waals surface area contributed by atoms with Crippen LogP contribution in [-0.4, -0.2) is 68.5 Å². The Kier molecular flexibility index (Phi) is 7.44. The number of benzene rings is 1. The largest absolute Gasteiger partial charge is 0.508 e. The van der Waals surface area contributed by atoms with E-state index in [1.54, 1.807) is 14.1 Å². The van der Waals surface area contributed by atoms with Gasteiger partial charge in [0.2, 0.25) is 5.78 Å². The van der Waals surface area contributed by atoms with Crippen LogP contribution in [-0.2, 0) is 33.8 Å². The smallest absolute Gasteiger partial charge is 0.255 e. The first-order chi connectivity index (χ1) is 17.9. The number of ketones is 2. The molecule has 1 aromatic rings. The highest BCUT2D eigenvalue weighted by atomic mass is 16.3. The van der Waals surface area contributed by atoms with Crippen molar-refractivity contribution in [2.75, 3.05) is 14.1 Å². The zero-order valence-corrected chi connectivity index (χ0v) is 22.1. The minimum atomic E-state index is -2.64. The number of aliphatic hydroxyl groups is 3. The zero-order valence-electron chi connectivity index (χ0n) is 22.1. The Labute approximate surface area is 221 Å². The first-order valence-corrected chi connectivity index (χ1v) is 13.1. The van der Waals surface area contributed by atoms with Crippen LogP contribution in [0.25, 0.3) is 5.76 Å². The average Bonchev–Trinajstić information content (AvgIpc) is 2.84. The van der Waals surface area contributed by atoms with Crippen molar-refractivity contribution in [1.29, 1.82) is 0 Å². The average molecular weight is 528 g/mol. The van der Waals surface area contributed by atoms with Crippen molar-refractivity contribution in [1.82, 2.24) is 4.90 Å². The van der Waals surface area contributed by atoms with Crippen LogP contribution in [0.2, 0.25) is 0 Å². The van der Waals surface area contributed by atoms with Crippen LogP contribution in [0.15, 0.2) is 23.0 Å². The molecule has 38 heavy (non-hydrogen) atoms. The van der Waals surface area contributed by atoms with Gasteiger partial charge in [-0.1, -0.05) is 32.3 Å². The SMILES string of the molecule is CCCCCCc1cc(CN)c(O)c2c1C[C@H]1C[C@H]3[C@H](N(C)C)C(=O)C(C(N)=O)=C(O)[C@@]3(O)C(=O)C1=C2O. The van der Waals surface area contributed by atoms with Gasteiger partial charge in [0.1, 0.15) is 22.8 Å². The number of rotatable bonds is 8. The molecule has 0 heterocycles. The summed E-state index contributed by atoms with van der Waals surface area (Å²) in [5.41, 5.74) is 9.78. The van der Waals surface area contributed by atoms with E-state index in [0.29, 0.717) is 17.5 Å². The number of Topliss-reactive ketones (excluding diaryl/α,β-unsaturated/α-hetero) is 2. The number of nitrogens with zero attached hydrogens (tertiary/aromatic N) is 1. The number of amides is 1. The van der Waals surface area contributed by atoms with Gasteiger partial charge in [-0.3, -0.25) is 19.3 Å². The van der Waals surface area contributed by atoms with Crippen molar-refractivity contribution in [3.63, 3.8) is 0 Å². The highest BCUT2D eigenvalue weighted by Crippen LogP contribution is 2.53. The topological polar surface area (TPSA) is 187 Å². The van der Waals surface area contributed by atoms with E-state index < -0.39 is 58.0 Å². The molecule has 8 N–H and O–H groups in total. The van der Waals surface area contributed by atoms with E-state index in [1.807, 2.05) is 6.07 Å². The van der Waals surface area contributed by atoms with Crippen LogP contribution in [0.5, 0.6) is 5.75 Å². The number of aryl methyl sites for hydroxylation is 1. The Morgan fingerprint density at radius 2 is 1.82 bits per heavy atom. The maximum Gasteiger partial charge on any atom is 0.255 e. The zero-order chi connectivity index (χ0) is 28.1. The Balaban J connectivity index is 1.91. The van der Waals surface area contributed by atoms with Gasteiger partial charge in [0.15, 0.2) is 11.4 Å². The number of phenolic OH excluding ortho intramolecular Hbond substituents is 1. The summed E-state index contributed by atoms with van der Waals surface area (Å²) in [6, 6.07) is 0.744. The highest BCUT2D eigenvalue weighted by Gasteiger charge is 2.64. The summed E-state index contributed by atoms with van der Waals surface area (Å²) in [5.74, 6) is -6.52. The number of carbonyl (C=O) groups excluding carboxylic acids is 3. The summed E-state index contributed by atoms with van der Waals surface area (Å²) in [5, 5.41) is 45.1. The van der Waals surface area contributed by atoms with Crippen LogP contribution in [0.1, 0.15) is 61.3 Å². The van der Waals surface area contributed by atoms with Crippen molar-refractivity contribution >= 4 is 23.2 Å². The van der Waals surface area contributed by atoms with Gasteiger partial charge < -0.3 is 31.9 Å². The molecule has 4 atom stereocenters. The molecule has 0 radical (unpaired) electrons. The molecular formula is C28H37N3O7. The second-order valence-corrected chi connectivity index (χ2v) is 10.9. The van der Waals surface area contributed by atoms with Crippen LogP contribution in [0.4, 0.5) is 0 Å². The van der Waals surface area contributed by atoms with Gasteiger partial charge in [0.05, 0.1) is 11.6 Å². The van der Waals surface area contributed by atoms with E-state index in [-0.39, 0.29) is 36.3 Å². The number of aliphatic hydroxyl groups excluding tert-OH is 2. The Hall–Kier alpha value is -3.21. The summed E-state index contributed by atoms with van der Waals surface area (Å²) in [6.45, 7) is 2.14. The third kappa shape index (κ3) is 4.02. The number of primary amides is 1. The van der Waals surface area contributed by atoms with Gasteiger partial charge >= 0.3 is 0 Å². The van der Waals surface area contributed by atoms with Crippen molar-refractivity contribution < 1.29 is 34.8 Å². The summed E-state index contributed by atoms with van der Waals surface area (Å²) in [4.78, 5) is 40.7. The molecule has 1 amide bonds. The molecule has 3 aliphatic carbocycles. The summed E-state index contributed by atoms with van der Waals surface area (Å²) >= 11 is 0. The normalized spacial score (nSPS) is 26.9. The number of unbranched alkanes of at least 4 members (excludes halogenated alkanes) is 3. The number of carbonyl (C=O) groups is 3. The second-order valence-electron chi connectivity index (χ2n) is 10.9. The van der Waals surface area contributed by atoms with E-state index in [2.05, 4.69) is 6.92 Å². The lowest BCUT2D eigenvalue weighted by molar-refractivity contribution is -0.153. The van der Waals surface area contributed by atoms with Crippen molar-refractivity contribution in [3.05, 3.63) is 45.2 Å². The van der Waals surface area contributed by atoms with Gasteiger partial charge in [0, 0.05) is 23.6 Å². The number of phenols is 1. The second kappa shape index (κ2) is 10.2. The van der Waals surface area contributed by atoms with Gasteiger partial charge in [-0.05, 0) is 56.8 Å². The van der Waals surface area contributed by atoms with Crippen LogP contribution in [0.3, 0.4) is 0 Å². The van der Waals surface area contributed by atoms with Crippen LogP contribution >= 0.6 is 0 Å². The van der Waals surface area contributed by atoms with E-state index in [0.717, 1.165) is 31.2 Å². The summed E-state index contributed by atoms with van der Waals surface area (Å²) < 4.78 is 0. The van der Waals surface area contributed by atoms with Crippen molar-refractivity contribution in [2.45, 2.75) is 70.1 Å². The first-order valence-electron chi connectivity index (χ1n) is 13.1. The Morgan fingerprint density at radius 3 is 2.39 bits per heavy atom. The molecule has 10 nitrogen and oxygen atoms in total. The maximum atomic E-state index is 13.9. The number of aromatic hydroxyl groups is 1. The van der Waals surface area contributed by atoms with E-state index in [9.17, 15) is 34.8 Å². The lowest BCUT2D eigenvalue weighted by atomic mass is 9.57. The Morgan fingerprint density at radius 1 is 1.13 bits per heavy atom. The van der Waals surface area contributed by atoms with Gasteiger partial charge in [0.25, 0.3) is 5.91 Å². The fourth-order valence-electron chi connectivity index (χ4n) is 6.57. The quantitative estimate of drug-likeness (QED) is 0.215. The maximum absolute atomic E-state index is 13.9. The molecule has 0 unspecified atom stereocenters. The number of hydrogen-bond donors (Lipinski definition) is 6. The van der Waals surface area contributed by atoms with Crippen molar-refractivity contribution in [3.8, 4) is 5.75 Å².